The van der Waals surface area contributed by atoms with Gasteiger partial charge >= 0.3 is 0 Å². The van der Waals surface area contributed by atoms with Gasteiger partial charge in [0.25, 0.3) is 5.56 Å². The van der Waals surface area contributed by atoms with Crippen molar-refractivity contribution in [1.82, 2.24) is 4.57 Å². The number of halogens is 1. The Hall–Kier alpha value is -2.42. The van der Waals surface area contributed by atoms with E-state index in [0.29, 0.717) is 11.1 Å². The minimum absolute atomic E-state index is 0.101. The molecule has 1 heterocycles. The molecule has 0 fully saturated rings. The number of fused-ring (bicyclic) bond motifs is 1. The van der Waals surface area contributed by atoms with Crippen LogP contribution in [0.2, 0.25) is 0 Å². The summed E-state index contributed by atoms with van der Waals surface area (Å²) in [5.74, 6) is -0.348. The number of benzene rings is 2. The zero-order chi connectivity index (χ0) is 16.8. The van der Waals surface area contributed by atoms with E-state index in [1.165, 1.54) is 12.1 Å². The van der Waals surface area contributed by atoms with E-state index >= 15 is 0 Å². The van der Waals surface area contributed by atoms with Gasteiger partial charge in [0.2, 0.25) is 0 Å². The Balaban J connectivity index is 2.50. The fourth-order valence-electron chi connectivity index (χ4n) is 2.96. The van der Waals surface area contributed by atoms with Crippen molar-refractivity contribution >= 4 is 10.8 Å². The highest BCUT2D eigenvalue weighted by atomic mass is 19.1. The van der Waals surface area contributed by atoms with E-state index in [-0.39, 0.29) is 16.8 Å². The lowest BCUT2D eigenvalue weighted by molar-refractivity contribution is 0.548. The molecule has 0 aliphatic carbocycles. The van der Waals surface area contributed by atoms with Gasteiger partial charge in [-0.15, -0.1) is 0 Å². The minimum atomic E-state index is -0.348. The van der Waals surface area contributed by atoms with Gasteiger partial charge in [0.05, 0.1) is 11.1 Å². The first kappa shape index (κ1) is 15.5. The molecule has 23 heavy (non-hydrogen) atoms. The molecule has 0 amide bonds. The largest absolute Gasteiger partial charge is 0.280 e. The summed E-state index contributed by atoms with van der Waals surface area (Å²) in [5.41, 5.74) is 2.01. The Kier molecular flexibility index (Phi) is 3.59. The lowest BCUT2D eigenvalue weighted by Crippen LogP contribution is -2.29. The molecule has 3 rings (SSSR count). The molecular formula is C20H20FNO. The first-order valence-electron chi connectivity index (χ1n) is 7.71. The molecule has 0 spiro atoms. The van der Waals surface area contributed by atoms with Crippen molar-refractivity contribution in [2.75, 3.05) is 0 Å². The van der Waals surface area contributed by atoms with Crippen LogP contribution in [0.5, 0.6) is 0 Å². The Bertz CT molecular complexity index is 948. The quantitative estimate of drug-likeness (QED) is 0.636. The fourth-order valence-corrected chi connectivity index (χ4v) is 2.96. The van der Waals surface area contributed by atoms with Crippen molar-refractivity contribution in [3.05, 3.63) is 76.0 Å². The predicted octanol–water partition coefficient (Wildman–Crippen LogP) is 4.74. The van der Waals surface area contributed by atoms with Crippen molar-refractivity contribution in [1.29, 1.82) is 0 Å². The molecular weight excluding hydrogens is 289 g/mol. The molecule has 0 N–H and O–H groups in total. The average molecular weight is 309 g/mol. The van der Waals surface area contributed by atoms with Crippen LogP contribution in [0, 0.1) is 12.7 Å². The maximum atomic E-state index is 13.7. The van der Waals surface area contributed by atoms with Crippen LogP contribution in [0.15, 0.2) is 53.3 Å². The summed E-state index contributed by atoms with van der Waals surface area (Å²) in [7, 11) is 0. The van der Waals surface area contributed by atoms with E-state index < -0.39 is 0 Å². The Morgan fingerprint density at radius 2 is 1.70 bits per heavy atom. The summed E-state index contributed by atoms with van der Waals surface area (Å²) in [4.78, 5) is 13.2. The monoisotopic (exact) mass is 309 g/mol. The van der Waals surface area contributed by atoms with Crippen LogP contribution in [0.3, 0.4) is 0 Å². The van der Waals surface area contributed by atoms with E-state index in [9.17, 15) is 9.18 Å². The first-order chi connectivity index (χ1) is 10.8. The highest BCUT2D eigenvalue weighted by Crippen LogP contribution is 2.27. The van der Waals surface area contributed by atoms with Crippen molar-refractivity contribution in [3.8, 4) is 5.69 Å². The van der Waals surface area contributed by atoms with Crippen molar-refractivity contribution in [2.24, 2.45) is 0 Å². The van der Waals surface area contributed by atoms with Crippen LogP contribution in [0.1, 0.15) is 32.0 Å². The summed E-state index contributed by atoms with van der Waals surface area (Å²) < 4.78 is 15.3. The third-order valence-electron chi connectivity index (χ3n) is 4.09. The smallest absolute Gasteiger partial charge is 0.263 e. The number of pyridine rings is 1. The molecule has 0 aliphatic heterocycles. The lowest BCUT2D eigenvalue weighted by atomic mass is 9.89. The van der Waals surface area contributed by atoms with Crippen LogP contribution in [-0.4, -0.2) is 4.57 Å². The second-order valence-corrected chi connectivity index (χ2v) is 6.94. The van der Waals surface area contributed by atoms with Gasteiger partial charge in [0.1, 0.15) is 5.82 Å². The van der Waals surface area contributed by atoms with Gasteiger partial charge in [0.15, 0.2) is 0 Å². The number of nitrogens with zero attached hydrogens (tertiary/aromatic N) is 1. The zero-order valence-corrected chi connectivity index (χ0v) is 13.9. The molecule has 0 saturated carbocycles. The number of aryl methyl sites for hydroxylation is 1. The molecule has 0 radical (unpaired) electrons. The van der Waals surface area contributed by atoms with Crippen molar-refractivity contribution < 1.29 is 4.39 Å². The van der Waals surface area contributed by atoms with Gasteiger partial charge in [-0.25, -0.2) is 4.39 Å². The Morgan fingerprint density at radius 1 is 1.00 bits per heavy atom. The van der Waals surface area contributed by atoms with Gasteiger partial charge in [-0.3, -0.25) is 9.36 Å². The SMILES string of the molecule is Cc1cccc2cc(C(C)(C)C)n(-c3cccc(F)c3)c(=O)c12. The summed E-state index contributed by atoms with van der Waals surface area (Å²) in [6, 6.07) is 14.1. The number of hydrogen-bond donors (Lipinski definition) is 0. The lowest BCUT2D eigenvalue weighted by Gasteiger charge is -2.25. The van der Waals surface area contributed by atoms with E-state index in [2.05, 4.69) is 20.8 Å². The molecule has 0 unspecified atom stereocenters. The Morgan fingerprint density at radius 3 is 2.35 bits per heavy atom. The third-order valence-corrected chi connectivity index (χ3v) is 4.09. The third kappa shape index (κ3) is 2.67. The van der Waals surface area contributed by atoms with E-state index in [0.717, 1.165) is 16.6 Å². The topological polar surface area (TPSA) is 22.0 Å². The second-order valence-electron chi connectivity index (χ2n) is 6.94. The van der Waals surface area contributed by atoms with E-state index in [4.69, 9.17) is 0 Å². The van der Waals surface area contributed by atoms with Crippen LogP contribution in [0.4, 0.5) is 4.39 Å². The number of hydrogen-bond acceptors (Lipinski definition) is 1. The maximum Gasteiger partial charge on any atom is 0.263 e. The Labute approximate surface area is 135 Å². The van der Waals surface area contributed by atoms with Gasteiger partial charge in [-0.05, 0) is 42.1 Å². The van der Waals surface area contributed by atoms with Crippen LogP contribution in [-0.2, 0) is 5.41 Å². The van der Waals surface area contributed by atoms with E-state index in [1.54, 1.807) is 16.7 Å². The molecule has 1 aromatic heterocycles. The van der Waals surface area contributed by atoms with Crippen LogP contribution in [0.25, 0.3) is 16.5 Å². The van der Waals surface area contributed by atoms with E-state index in [1.807, 2.05) is 31.2 Å². The zero-order valence-electron chi connectivity index (χ0n) is 13.9. The standard InChI is InChI=1S/C20H20FNO/c1-13-7-5-8-14-11-17(20(2,3)4)22(19(23)18(13)14)16-10-6-9-15(21)12-16/h5-12H,1-4H3. The van der Waals surface area contributed by atoms with Crippen LogP contribution < -0.4 is 5.56 Å². The van der Waals surface area contributed by atoms with Crippen molar-refractivity contribution in [3.63, 3.8) is 0 Å². The average Bonchev–Trinajstić information content (AvgIpc) is 2.46. The van der Waals surface area contributed by atoms with Gasteiger partial charge in [0, 0.05) is 11.1 Å². The number of rotatable bonds is 1. The number of aromatic nitrogens is 1. The summed E-state index contributed by atoms with van der Waals surface area (Å²) in [6.45, 7) is 8.09. The molecule has 118 valence electrons. The summed E-state index contributed by atoms with van der Waals surface area (Å²) >= 11 is 0. The van der Waals surface area contributed by atoms with Crippen LogP contribution >= 0.6 is 0 Å². The summed E-state index contributed by atoms with van der Waals surface area (Å²) in [6.07, 6.45) is 0. The normalized spacial score (nSPS) is 11.9. The minimum Gasteiger partial charge on any atom is -0.280 e. The van der Waals surface area contributed by atoms with Gasteiger partial charge in [-0.1, -0.05) is 45.0 Å². The predicted molar refractivity (Wildman–Crippen MR) is 92.9 cm³/mol. The molecule has 2 nitrogen and oxygen atoms in total. The highest BCUT2D eigenvalue weighted by Gasteiger charge is 2.22. The molecule has 2 aromatic carbocycles. The van der Waals surface area contributed by atoms with Crippen molar-refractivity contribution in [2.45, 2.75) is 33.1 Å². The van der Waals surface area contributed by atoms with Gasteiger partial charge < -0.3 is 0 Å². The molecule has 0 atom stereocenters. The summed E-state index contributed by atoms with van der Waals surface area (Å²) in [5, 5.41) is 1.61. The fraction of sp³-hybridized carbons (Fsp3) is 0.250. The molecule has 0 saturated heterocycles. The first-order valence-corrected chi connectivity index (χ1v) is 7.71. The van der Waals surface area contributed by atoms with Gasteiger partial charge in [-0.2, -0.15) is 0 Å². The molecule has 3 heteroatoms. The highest BCUT2D eigenvalue weighted by molar-refractivity contribution is 5.85. The molecule has 3 aromatic rings. The molecule has 0 aliphatic rings. The second kappa shape index (κ2) is 5.34. The molecule has 0 bridgehead atoms. The maximum absolute atomic E-state index is 13.7.